The zero-order valence-electron chi connectivity index (χ0n) is 24.8. The van der Waals surface area contributed by atoms with Gasteiger partial charge in [-0.3, -0.25) is 9.59 Å². The minimum absolute atomic E-state index is 0.00521. The van der Waals surface area contributed by atoms with Crippen LogP contribution in [0, 0.1) is 5.92 Å². The molecule has 0 aliphatic carbocycles. The Hall–Kier alpha value is -4.44. The van der Waals surface area contributed by atoms with Crippen LogP contribution in [0.3, 0.4) is 0 Å². The Morgan fingerprint density at radius 1 is 0.977 bits per heavy atom. The summed E-state index contributed by atoms with van der Waals surface area (Å²) in [6.45, 7) is 1.61. The number of amides is 2. The third kappa shape index (κ3) is 6.06. The van der Waals surface area contributed by atoms with E-state index < -0.39 is 6.04 Å². The highest BCUT2D eigenvalue weighted by atomic mass is 16.5. The first-order valence-corrected chi connectivity index (χ1v) is 14.8. The normalized spacial score (nSPS) is 21.7. The summed E-state index contributed by atoms with van der Waals surface area (Å²) in [5, 5.41) is 14.8. The van der Waals surface area contributed by atoms with Crippen molar-refractivity contribution in [3.63, 3.8) is 0 Å². The lowest BCUT2D eigenvalue weighted by Crippen LogP contribution is -2.51. The fourth-order valence-corrected chi connectivity index (χ4v) is 6.51. The van der Waals surface area contributed by atoms with Crippen LogP contribution in [0.15, 0.2) is 66.7 Å². The molecule has 4 aromatic rings. The Balaban J connectivity index is 1.18. The summed E-state index contributed by atoms with van der Waals surface area (Å²) in [5.41, 5.74) is 4.95. The zero-order chi connectivity index (χ0) is 29.9. The number of hydrogen-bond donors (Lipinski definition) is 2. The molecule has 4 unspecified atom stereocenters. The molecule has 3 aromatic carbocycles. The van der Waals surface area contributed by atoms with Gasteiger partial charge in [0.25, 0.3) is 0 Å². The van der Waals surface area contributed by atoms with E-state index in [1.807, 2.05) is 61.6 Å². The Morgan fingerprint density at radius 3 is 2.56 bits per heavy atom. The van der Waals surface area contributed by atoms with Gasteiger partial charge in [0.1, 0.15) is 11.6 Å². The lowest BCUT2D eigenvalue weighted by atomic mass is 9.96. The number of rotatable bonds is 9. The van der Waals surface area contributed by atoms with Crippen LogP contribution in [0.1, 0.15) is 35.4 Å². The lowest BCUT2D eigenvalue weighted by molar-refractivity contribution is -0.139. The average Bonchev–Trinajstić information content (AvgIpc) is 3.79. The van der Waals surface area contributed by atoms with Gasteiger partial charge in [0.2, 0.25) is 11.8 Å². The lowest BCUT2D eigenvalue weighted by Gasteiger charge is -2.27. The molecule has 0 spiro atoms. The Kier molecular flexibility index (Phi) is 8.29. The number of methoxy groups -OCH3 is 2. The van der Waals surface area contributed by atoms with Crippen molar-refractivity contribution in [3.8, 4) is 11.5 Å². The third-order valence-corrected chi connectivity index (χ3v) is 8.79. The summed E-state index contributed by atoms with van der Waals surface area (Å²) in [4.78, 5) is 29.5. The molecule has 2 aliphatic heterocycles. The van der Waals surface area contributed by atoms with Gasteiger partial charge < -0.3 is 25.0 Å². The summed E-state index contributed by atoms with van der Waals surface area (Å²) >= 11 is 0. The van der Waals surface area contributed by atoms with Crippen LogP contribution in [0.5, 0.6) is 11.5 Å². The highest BCUT2D eigenvalue weighted by molar-refractivity contribution is 5.90. The van der Waals surface area contributed by atoms with Crippen molar-refractivity contribution in [2.75, 3.05) is 27.3 Å². The first-order valence-electron chi connectivity index (χ1n) is 14.8. The molecule has 10 nitrogen and oxygen atoms in total. The first-order chi connectivity index (χ1) is 20.9. The zero-order valence-corrected chi connectivity index (χ0v) is 24.8. The largest absolute Gasteiger partial charge is 0.493 e. The number of benzene rings is 3. The SMILES string of the molecule is COc1ccc(CC2CC(C(=O)NCc3ccc4c(c3)nnn4C)N(C(=O)C3CC(c4ccccc4)CN3)C2)cc1OC. The highest BCUT2D eigenvalue weighted by Gasteiger charge is 2.43. The predicted octanol–water partition coefficient (Wildman–Crippen LogP) is 3.21. The van der Waals surface area contributed by atoms with E-state index in [0.29, 0.717) is 37.4 Å². The van der Waals surface area contributed by atoms with Gasteiger partial charge >= 0.3 is 0 Å². The van der Waals surface area contributed by atoms with Crippen LogP contribution in [-0.4, -0.2) is 71.1 Å². The van der Waals surface area contributed by atoms with Crippen molar-refractivity contribution in [3.05, 3.63) is 83.4 Å². The molecule has 2 aliphatic rings. The van der Waals surface area contributed by atoms with Gasteiger partial charge in [-0.2, -0.15) is 0 Å². The maximum Gasteiger partial charge on any atom is 0.243 e. The van der Waals surface area contributed by atoms with Gasteiger partial charge in [-0.05, 0) is 72.1 Å². The molecule has 2 saturated heterocycles. The number of carbonyl (C=O) groups excluding carboxylic acids is 2. The van der Waals surface area contributed by atoms with E-state index >= 15 is 0 Å². The number of fused-ring (bicyclic) bond motifs is 1. The molecule has 43 heavy (non-hydrogen) atoms. The van der Waals surface area contributed by atoms with Gasteiger partial charge in [-0.1, -0.05) is 47.7 Å². The molecule has 10 heteroatoms. The van der Waals surface area contributed by atoms with E-state index in [1.54, 1.807) is 23.8 Å². The van der Waals surface area contributed by atoms with E-state index in [4.69, 9.17) is 9.47 Å². The van der Waals surface area contributed by atoms with Crippen LogP contribution in [0.4, 0.5) is 0 Å². The molecule has 3 heterocycles. The van der Waals surface area contributed by atoms with Gasteiger partial charge in [0.05, 0.1) is 25.8 Å². The molecule has 2 fully saturated rings. The molecule has 224 valence electrons. The van der Waals surface area contributed by atoms with Crippen molar-refractivity contribution in [2.24, 2.45) is 13.0 Å². The fourth-order valence-electron chi connectivity index (χ4n) is 6.51. The Labute approximate surface area is 251 Å². The molecule has 0 saturated carbocycles. The van der Waals surface area contributed by atoms with E-state index in [-0.39, 0.29) is 29.7 Å². The molecular weight excluding hydrogens is 544 g/mol. The standard InChI is InChI=1S/C33H38N6O4/c1-38-28-11-9-22(14-26(28)36-37-38)18-35-32(40)29-15-23(13-21-10-12-30(42-2)31(16-21)43-3)20-39(29)33(41)27-17-25(19-34-27)24-7-5-4-6-8-24/h4-12,14,16,23,25,27,29,34H,13,15,17-20H2,1-3H3,(H,35,40). The molecule has 6 rings (SSSR count). The van der Waals surface area contributed by atoms with Crippen LogP contribution in [-0.2, 0) is 29.6 Å². The molecule has 0 bridgehead atoms. The van der Waals surface area contributed by atoms with Gasteiger partial charge in [-0.15, -0.1) is 5.10 Å². The topological polar surface area (TPSA) is 111 Å². The van der Waals surface area contributed by atoms with Gasteiger partial charge in [0.15, 0.2) is 11.5 Å². The first kappa shape index (κ1) is 28.7. The van der Waals surface area contributed by atoms with Crippen LogP contribution in [0.25, 0.3) is 11.0 Å². The third-order valence-electron chi connectivity index (χ3n) is 8.79. The maximum atomic E-state index is 14.0. The van der Waals surface area contributed by atoms with Crippen LogP contribution >= 0.6 is 0 Å². The maximum absolute atomic E-state index is 14.0. The summed E-state index contributed by atoms with van der Waals surface area (Å²) in [5.74, 6) is 1.59. The van der Waals surface area contributed by atoms with Gasteiger partial charge in [0, 0.05) is 26.7 Å². The van der Waals surface area contributed by atoms with Crippen LogP contribution < -0.4 is 20.1 Å². The average molecular weight is 583 g/mol. The second-order valence-corrected chi connectivity index (χ2v) is 11.6. The number of nitrogens with one attached hydrogen (secondary N) is 2. The number of likely N-dealkylation sites (tertiary alicyclic amines) is 1. The van der Waals surface area contributed by atoms with E-state index in [2.05, 4.69) is 33.1 Å². The molecular formula is C33H38N6O4. The quantitative estimate of drug-likeness (QED) is 0.312. The van der Waals surface area contributed by atoms with E-state index in [1.165, 1.54) is 5.56 Å². The van der Waals surface area contributed by atoms with Crippen molar-refractivity contribution in [2.45, 2.75) is 43.8 Å². The number of hydrogen-bond acceptors (Lipinski definition) is 7. The predicted molar refractivity (Wildman–Crippen MR) is 163 cm³/mol. The van der Waals surface area contributed by atoms with Crippen molar-refractivity contribution in [1.82, 2.24) is 30.5 Å². The number of nitrogens with zero attached hydrogens (tertiary/aromatic N) is 4. The smallest absolute Gasteiger partial charge is 0.243 e. The molecule has 1 aromatic heterocycles. The molecule has 2 amide bonds. The number of aryl methyl sites for hydroxylation is 1. The van der Waals surface area contributed by atoms with Gasteiger partial charge in [-0.25, -0.2) is 4.68 Å². The van der Waals surface area contributed by atoms with E-state index in [0.717, 1.165) is 35.1 Å². The molecule has 4 atom stereocenters. The van der Waals surface area contributed by atoms with Crippen molar-refractivity contribution < 1.29 is 19.1 Å². The highest BCUT2D eigenvalue weighted by Crippen LogP contribution is 2.33. The number of carbonyl (C=O) groups is 2. The van der Waals surface area contributed by atoms with E-state index in [9.17, 15) is 9.59 Å². The fraction of sp³-hybridized carbons (Fsp3) is 0.394. The molecule has 2 N–H and O–H groups in total. The molecule has 0 radical (unpaired) electrons. The summed E-state index contributed by atoms with van der Waals surface area (Å²) in [7, 11) is 5.09. The van der Waals surface area contributed by atoms with Crippen molar-refractivity contribution >= 4 is 22.8 Å². The second-order valence-electron chi connectivity index (χ2n) is 11.6. The number of ether oxygens (including phenoxy) is 2. The van der Waals surface area contributed by atoms with Crippen molar-refractivity contribution in [1.29, 1.82) is 0 Å². The second kappa shape index (κ2) is 12.4. The summed E-state index contributed by atoms with van der Waals surface area (Å²) in [6.07, 6.45) is 2.03. The summed E-state index contributed by atoms with van der Waals surface area (Å²) < 4.78 is 12.6. The Morgan fingerprint density at radius 2 is 1.77 bits per heavy atom. The summed E-state index contributed by atoms with van der Waals surface area (Å²) in [6, 6.07) is 21.2. The minimum atomic E-state index is -0.546. The Bertz CT molecular complexity index is 1610. The monoisotopic (exact) mass is 582 g/mol. The number of aromatic nitrogens is 3. The minimum Gasteiger partial charge on any atom is -0.493 e. The van der Waals surface area contributed by atoms with Crippen LogP contribution in [0.2, 0.25) is 0 Å².